The first-order valence-electron chi connectivity index (χ1n) is 3.94. The maximum Gasteiger partial charge on any atom is 0.250 e. The molecule has 0 aromatic carbocycles. The standard InChI is InChI=1S/C8H9N3OS/c9-7(12)5-3-6-8(11-4-5)13-2-1-10-6/h3-4,10H,1-2H2,(H2,9,12). The highest BCUT2D eigenvalue weighted by molar-refractivity contribution is 7.99. The average molecular weight is 195 g/mol. The first-order chi connectivity index (χ1) is 6.27. The quantitative estimate of drug-likeness (QED) is 0.692. The van der Waals surface area contributed by atoms with Crippen molar-refractivity contribution in [3.63, 3.8) is 0 Å². The van der Waals surface area contributed by atoms with Gasteiger partial charge in [0.1, 0.15) is 5.03 Å². The van der Waals surface area contributed by atoms with E-state index in [1.165, 1.54) is 6.20 Å². The molecule has 1 amide bonds. The zero-order chi connectivity index (χ0) is 9.26. The second kappa shape index (κ2) is 3.26. The minimum atomic E-state index is -0.437. The highest BCUT2D eigenvalue weighted by atomic mass is 32.2. The fourth-order valence-corrected chi connectivity index (χ4v) is 1.97. The van der Waals surface area contributed by atoms with Gasteiger partial charge in [0.25, 0.3) is 0 Å². The van der Waals surface area contributed by atoms with Gasteiger partial charge in [-0.1, -0.05) is 0 Å². The summed E-state index contributed by atoms with van der Waals surface area (Å²) >= 11 is 1.68. The van der Waals surface area contributed by atoms with Gasteiger partial charge >= 0.3 is 0 Å². The van der Waals surface area contributed by atoms with Gasteiger partial charge in [-0.3, -0.25) is 4.79 Å². The molecule has 0 aliphatic carbocycles. The lowest BCUT2D eigenvalue weighted by molar-refractivity contribution is 0.1000. The number of rotatable bonds is 1. The van der Waals surface area contributed by atoms with Crippen LogP contribution in [0.1, 0.15) is 10.4 Å². The first kappa shape index (κ1) is 8.37. The Hall–Kier alpha value is -1.23. The van der Waals surface area contributed by atoms with E-state index in [1.807, 2.05) is 0 Å². The minimum absolute atomic E-state index is 0.437. The van der Waals surface area contributed by atoms with Crippen LogP contribution in [0.3, 0.4) is 0 Å². The molecule has 0 bridgehead atoms. The Bertz CT molecular complexity index is 353. The van der Waals surface area contributed by atoms with E-state index in [1.54, 1.807) is 17.8 Å². The number of primary amides is 1. The summed E-state index contributed by atoms with van der Waals surface area (Å²) in [6, 6.07) is 1.75. The Kier molecular flexibility index (Phi) is 2.10. The van der Waals surface area contributed by atoms with Crippen LogP contribution in [0.25, 0.3) is 0 Å². The Labute approximate surface area is 79.9 Å². The van der Waals surface area contributed by atoms with Crippen LogP contribution in [0.15, 0.2) is 17.3 Å². The van der Waals surface area contributed by atoms with E-state index in [-0.39, 0.29) is 0 Å². The third-order valence-electron chi connectivity index (χ3n) is 1.79. The van der Waals surface area contributed by atoms with Crippen molar-refractivity contribution in [3.05, 3.63) is 17.8 Å². The maximum atomic E-state index is 10.8. The highest BCUT2D eigenvalue weighted by Crippen LogP contribution is 2.28. The molecule has 2 rings (SSSR count). The van der Waals surface area contributed by atoms with Gasteiger partial charge in [-0.2, -0.15) is 0 Å². The van der Waals surface area contributed by atoms with Gasteiger partial charge in [-0.15, -0.1) is 11.8 Å². The molecule has 13 heavy (non-hydrogen) atoms. The largest absolute Gasteiger partial charge is 0.382 e. The Morgan fingerprint density at radius 2 is 2.54 bits per heavy atom. The van der Waals surface area contributed by atoms with Crippen molar-refractivity contribution in [1.29, 1.82) is 0 Å². The Balaban J connectivity index is 2.40. The molecule has 1 aliphatic rings. The molecule has 5 heteroatoms. The van der Waals surface area contributed by atoms with Crippen molar-refractivity contribution in [2.75, 3.05) is 17.6 Å². The first-order valence-corrected chi connectivity index (χ1v) is 4.92. The van der Waals surface area contributed by atoms with Crippen LogP contribution in [0, 0.1) is 0 Å². The molecule has 0 atom stereocenters. The summed E-state index contributed by atoms with van der Waals surface area (Å²) in [5.41, 5.74) is 6.50. The summed E-state index contributed by atoms with van der Waals surface area (Å²) in [4.78, 5) is 15.0. The van der Waals surface area contributed by atoms with Gasteiger partial charge < -0.3 is 11.1 Å². The van der Waals surface area contributed by atoms with Gasteiger partial charge in [-0.05, 0) is 6.07 Å². The predicted molar refractivity (Wildman–Crippen MR) is 52.0 cm³/mol. The van der Waals surface area contributed by atoms with Crippen LogP contribution >= 0.6 is 11.8 Å². The van der Waals surface area contributed by atoms with Crippen LogP contribution in [0.5, 0.6) is 0 Å². The molecule has 0 spiro atoms. The van der Waals surface area contributed by atoms with E-state index >= 15 is 0 Å². The number of carbonyl (C=O) groups excluding carboxylic acids is 1. The van der Waals surface area contributed by atoms with E-state index in [4.69, 9.17) is 5.73 Å². The monoisotopic (exact) mass is 195 g/mol. The van der Waals surface area contributed by atoms with Gasteiger partial charge in [0.2, 0.25) is 5.91 Å². The smallest absolute Gasteiger partial charge is 0.250 e. The lowest BCUT2D eigenvalue weighted by Gasteiger charge is -2.16. The molecule has 1 aliphatic heterocycles. The molecule has 2 heterocycles. The van der Waals surface area contributed by atoms with E-state index in [2.05, 4.69) is 10.3 Å². The second-order valence-electron chi connectivity index (χ2n) is 2.72. The normalized spacial score (nSPS) is 14.5. The number of fused-ring (bicyclic) bond motifs is 1. The Morgan fingerprint density at radius 1 is 1.69 bits per heavy atom. The fraction of sp³-hybridized carbons (Fsp3) is 0.250. The van der Waals surface area contributed by atoms with Crippen molar-refractivity contribution in [3.8, 4) is 0 Å². The van der Waals surface area contributed by atoms with Crippen molar-refractivity contribution < 1.29 is 4.79 Å². The van der Waals surface area contributed by atoms with Crippen molar-refractivity contribution in [1.82, 2.24) is 4.98 Å². The van der Waals surface area contributed by atoms with E-state index in [0.717, 1.165) is 23.0 Å². The zero-order valence-electron chi connectivity index (χ0n) is 6.91. The number of anilines is 1. The lowest BCUT2D eigenvalue weighted by Crippen LogP contribution is -2.15. The second-order valence-corrected chi connectivity index (χ2v) is 3.80. The fourth-order valence-electron chi connectivity index (χ4n) is 1.16. The molecule has 0 saturated heterocycles. The van der Waals surface area contributed by atoms with Gasteiger partial charge in [-0.25, -0.2) is 4.98 Å². The molecule has 0 saturated carbocycles. The summed E-state index contributed by atoms with van der Waals surface area (Å²) in [7, 11) is 0. The molecular formula is C8H9N3OS. The summed E-state index contributed by atoms with van der Waals surface area (Å²) in [6.07, 6.45) is 1.52. The molecule has 1 aromatic rings. The van der Waals surface area contributed by atoms with E-state index in [9.17, 15) is 4.79 Å². The van der Waals surface area contributed by atoms with Crippen molar-refractivity contribution in [2.24, 2.45) is 5.73 Å². The molecule has 0 unspecified atom stereocenters. The topological polar surface area (TPSA) is 68.0 Å². The third-order valence-corrected chi connectivity index (χ3v) is 2.80. The molecule has 0 radical (unpaired) electrons. The number of aromatic nitrogens is 1. The third kappa shape index (κ3) is 1.60. The number of nitrogens with one attached hydrogen (secondary N) is 1. The summed E-state index contributed by atoms with van der Waals surface area (Å²) in [5.74, 6) is 0.573. The summed E-state index contributed by atoms with van der Waals surface area (Å²) < 4.78 is 0. The van der Waals surface area contributed by atoms with Gasteiger partial charge in [0, 0.05) is 18.5 Å². The maximum absolute atomic E-state index is 10.8. The van der Waals surface area contributed by atoms with Crippen LogP contribution < -0.4 is 11.1 Å². The number of nitrogens with two attached hydrogens (primary N) is 1. The molecule has 3 N–H and O–H groups in total. The van der Waals surface area contributed by atoms with Crippen molar-refractivity contribution in [2.45, 2.75) is 5.03 Å². The van der Waals surface area contributed by atoms with Gasteiger partial charge in [0.05, 0.1) is 11.3 Å². The zero-order valence-corrected chi connectivity index (χ0v) is 7.73. The van der Waals surface area contributed by atoms with Gasteiger partial charge in [0.15, 0.2) is 0 Å². The number of carbonyl (C=O) groups is 1. The number of hydrogen-bond acceptors (Lipinski definition) is 4. The van der Waals surface area contributed by atoms with Crippen LogP contribution in [-0.4, -0.2) is 23.2 Å². The molecule has 0 fully saturated rings. The van der Waals surface area contributed by atoms with E-state index in [0.29, 0.717) is 5.56 Å². The number of nitrogens with zero attached hydrogens (tertiary/aromatic N) is 1. The molecule has 1 aromatic heterocycles. The summed E-state index contributed by atoms with van der Waals surface area (Å²) in [6.45, 7) is 0.904. The molecule has 68 valence electrons. The predicted octanol–water partition coefficient (Wildman–Crippen LogP) is 0.698. The minimum Gasteiger partial charge on any atom is -0.382 e. The van der Waals surface area contributed by atoms with Crippen LogP contribution in [-0.2, 0) is 0 Å². The van der Waals surface area contributed by atoms with E-state index < -0.39 is 5.91 Å². The number of pyridine rings is 1. The highest BCUT2D eigenvalue weighted by Gasteiger charge is 2.12. The number of thioether (sulfide) groups is 1. The molecule has 4 nitrogen and oxygen atoms in total. The lowest BCUT2D eigenvalue weighted by atomic mass is 10.2. The molecular weight excluding hydrogens is 186 g/mol. The van der Waals surface area contributed by atoms with Crippen LogP contribution in [0.2, 0.25) is 0 Å². The SMILES string of the molecule is NC(=O)c1cnc2c(c1)NCCS2. The van der Waals surface area contributed by atoms with Crippen molar-refractivity contribution >= 4 is 23.4 Å². The summed E-state index contributed by atoms with van der Waals surface area (Å²) in [5, 5.41) is 4.11. The van der Waals surface area contributed by atoms with Crippen LogP contribution in [0.4, 0.5) is 5.69 Å². The average Bonchev–Trinajstić information content (AvgIpc) is 2.17. The number of amides is 1. The Morgan fingerprint density at radius 3 is 3.31 bits per heavy atom. The number of hydrogen-bond donors (Lipinski definition) is 2.